The number of aromatic nitrogens is 3. The smallest absolute Gasteiger partial charge is 0.436 e. The van der Waals surface area contributed by atoms with Gasteiger partial charge in [0.15, 0.2) is 0 Å². The molecule has 0 fully saturated rings. The fourth-order valence-corrected chi connectivity index (χ4v) is 7.21. The first-order valence-corrected chi connectivity index (χ1v) is 16.4. The number of thiazole rings is 3. The Morgan fingerprint density at radius 2 is 1.29 bits per heavy atom. The van der Waals surface area contributed by atoms with Crippen molar-refractivity contribution in [3.8, 4) is 5.75 Å². The zero-order valence-electron chi connectivity index (χ0n) is 26.5. The summed E-state index contributed by atoms with van der Waals surface area (Å²) in [6.45, 7) is 4.84. The van der Waals surface area contributed by atoms with Crippen LogP contribution in [0.5, 0.6) is 5.75 Å². The van der Waals surface area contributed by atoms with Crippen LogP contribution in [0.4, 0.5) is 9.18 Å². The Balaban J connectivity index is 0.000000163. The first-order chi connectivity index (χ1) is 22.9. The highest BCUT2D eigenvalue weighted by atomic mass is 32.1. The van der Waals surface area contributed by atoms with Gasteiger partial charge in [0.1, 0.15) is 22.6 Å². The van der Waals surface area contributed by atoms with Crippen LogP contribution in [0.2, 0.25) is 0 Å². The number of carbonyl (C=O) groups excluding carboxylic acids is 3. The van der Waals surface area contributed by atoms with Crippen LogP contribution in [0.15, 0.2) is 69.6 Å². The largest absolute Gasteiger partial charge is 0.494 e. The lowest BCUT2D eigenvalue weighted by atomic mass is 10.2. The number of halogens is 1. The first kappa shape index (κ1) is 35.5. The van der Waals surface area contributed by atoms with Gasteiger partial charge in [-0.3, -0.25) is 9.59 Å². The molecule has 3 heterocycles. The lowest BCUT2D eigenvalue weighted by Crippen LogP contribution is -2.24. The third-order valence-electron chi connectivity index (χ3n) is 6.40. The SMILES string of the molecule is CC(=O)N=c1sc2cccc(F)c2n1N.CCc1ccc2c(c1)sc(=NC(C)=O)n2N.COC(=O)N=c1sc2cccc(OC)c2n1N. The van der Waals surface area contributed by atoms with Crippen molar-refractivity contribution in [3.63, 3.8) is 0 Å². The lowest BCUT2D eigenvalue weighted by Gasteiger charge is -2.02. The zero-order chi connectivity index (χ0) is 35.1. The summed E-state index contributed by atoms with van der Waals surface area (Å²) >= 11 is 3.90. The topological polar surface area (TPSA) is 200 Å². The Hall–Kier alpha value is -5.33. The molecule has 0 saturated heterocycles. The molecular formula is C30H32FN9O5S3. The van der Waals surface area contributed by atoms with Crippen molar-refractivity contribution < 1.29 is 28.2 Å². The number of nitrogen functional groups attached to an aromatic ring is 3. The average Bonchev–Trinajstić information content (AvgIpc) is 3.66. The van der Waals surface area contributed by atoms with E-state index in [-0.39, 0.29) is 17.3 Å². The van der Waals surface area contributed by atoms with Gasteiger partial charge in [-0.1, -0.05) is 59.1 Å². The summed E-state index contributed by atoms with van der Waals surface area (Å²) in [5.41, 5.74) is 3.12. The number of amides is 3. The number of hydrogen-bond donors (Lipinski definition) is 3. The highest BCUT2D eigenvalue weighted by molar-refractivity contribution is 7.17. The monoisotopic (exact) mass is 713 g/mol. The number of para-hydroxylation sites is 2. The molecule has 6 rings (SSSR count). The Bertz CT molecular complexity index is 2360. The van der Waals surface area contributed by atoms with E-state index in [9.17, 15) is 18.8 Å². The fraction of sp³-hybridized carbons (Fsp3) is 0.200. The minimum absolute atomic E-state index is 0.235. The first-order valence-electron chi connectivity index (χ1n) is 14.0. The summed E-state index contributed by atoms with van der Waals surface area (Å²) in [5, 5.41) is 0. The molecule has 6 N–H and O–H groups in total. The summed E-state index contributed by atoms with van der Waals surface area (Å²) in [6, 6.07) is 16.2. The number of rotatable bonds is 2. The van der Waals surface area contributed by atoms with Crippen molar-refractivity contribution in [1.29, 1.82) is 0 Å². The number of aryl methyl sites for hydroxylation is 1. The fourth-order valence-electron chi connectivity index (χ4n) is 4.22. The Labute approximate surface area is 284 Å². The van der Waals surface area contributed by atoms with Crippen LogP contribution < -0.4 is 36.7 Å². The third kappa shape index (κ3) is 7.96. The molecule has 0 saturated carbocycles. The van der Waals surface area contributed by atoms with Gasteiger partial charge >= 0.3 is 6.09 Å². The number of nitrogens with zero attached hydrogens (tertiary/aromatic N) is 6. The van der Waals surface area contributed by atoms with Crippen molar-refractivity contribution >= 4 is 82.6 Å². The van der Waals surface area contributed by atoms with Gasteiger partial charge in [-0.2, -0.15) is 9.98 Å². The van der Waals surface area contributed by atoms with Crippen LogP contribution in [0, 0.1) is 5.82 Å². The second-order valence-electron chi connectivity index (χ2n) is 9.66. The lowest BCUT2D eigenvalue weighted by molar-refractivity contribution is -0.116. The van der Waals surface area contributed by atoms with Gasteiger partial charge < -0.3 is 27.0 Å². The Morgan fingerprint density at radius 1 is 0.750 bits per heavy atom. The van der Waals surface area contributed by atoms with Gasteiger partial charge in [0.05, 0.1) is 33.8 Å². The van der Waals surface area contributed by atoms with Gasteiger partial charge in [-0.15, -0.1) is 4.99 Å². The average molecular weight is 714 g/mol. The summed E-state index contributed by atoms with van der Waals surface area (Å²) in [5.74, 6) is 17.0. The molecule has 0 aliphatic rings. The van der Waals surface area contributed by atoms with Gasteiger partial charge in [0, 0.05) is 13.8 Å². The standard InChI is InChI=1S/C11H13N3OS.C10H11N3O3S.C9H8FN3OS/c1-3-8-4-5-9-10(6-8)16-11(14(9)12)13-7(2)15;1-15-6-4-3-5-7-8(6)13(11)9(17-7)12-10(14)16-2;1-5(14)12-9-13(11)8-6(10)3-2-4-7(8)15-9/h4-6H,3,12H2,1-2H3;3-5H,11H2,1-2H3;2-4H,11H2,1H3. The molecule has 0 aliphatic carbocycles. The predicted molar refractivity (Wildman–Crippen MR) is 186 cm³/mol. The Kier molecular flexibility index (Phi) is 11.5. The molecule has 0 unspecified atom stereocenters. The molecule has 0 aliphatic heterocycles. The molecule has 3 amide bonds. The summed E-state index contributed by atoms with van der Waals surface area (Å²) < 4.78 is 29.5. The maximum atomic E-state index is 13.4. The normalized spacial score (nSPS) is 12.1. The second kappa shape index (κ2) is 15.5. The Morgan fingerprint density at radius 3 is 1.85 bits per heavy atom. The van der Waals surface area contributed by atoms with Crippen molar-refractivity contribution in [2.45, 2.75) is 27.2 Å². The van der Waals surface area contributed by atoms with Gasteiger partial charge in [0.2, 0.25) is 26.2 Å². The molecule has 3 aromatic heterocycles. The van der Waals surface area contributed by atoms with Crippen LogP contribution in [-0.2, 0) is 20.7 Å². The minimum atomic E-state index is -0.685. The van der Waals surface area contributed by atoms with Gasteiger partial charge in [-0.25, -0.2) is 23.2 Å². The van der Waals surface area contributed by atoms with E-state index in [1.807, 2.05) is 24.3 Å². The van der Waals surface area contributed by atoms with Gasteiger partial charge in [-0.05, 0) is 48.4 Å². The molecule has 0 bridgehead atoms. The number of carbonyl (C=O) groups is 3. The van der Waals surface area contributed by atoms with E-state index in [4.69, 9.17) is 22.3 Å². The molecule has 14 nitrogen and oxygen atoms in total. The second-order valence-corrected chi connectivity index (χ2v) is 12.7. The van der Waals surface area contributed by atoms with Crippen LogP contribution in [0.3, 0.4) is 0 Å². The van der Waals surface area contributed by atoms with Crippen LogP contribution in [0.25, 0.3) is 30.6 Å². The van der Waals surface area contributed by atoms with Crippen molar-refractivity contribution in [3.05, 3.63) is 80.4 Å². The highest BCUT2D eigenvalue weighted by Crippen LogP contribution is 2.25. The quantitative estimate of drug-likeness (QED) is 0.226. The number of benzene rings is 3. The molecular weight excluding hydrogens is 682 g/mol. The van der Waals surface area contributed by atoms with Crippen LogP contribution in [0.1, 0.15) is 26.3 Å². The van der Waals surface area contributed by atoms with E-state index in [1.165, 1.54) is 75.9 Å². The number of nitrogens with two attached hydrogens (primary N) is 3. The predicted octanol–water partition coefficient (Wildman–Crippen LogP) is 3.52. The van der Waals surface area contributed by atoms with E-state index in [1.54, 1.807) is 25.3 Å². The van der Waals surface area contributed by atoms with Crippen molar-refractivity contribution in [2.75, 3.05) is 31.7 Å². The van der Waals surface area contributed by atoms with Crippen LogP contribution in [-0.4, -0.2) is 46.2 Å². The molecule has 3 aromatic carbocycles. The van der Waals surface area contributed by atoms with Gasteiger partial charge in [0.25, 0.3) is 0 Å². The summed E-state index contributed by atoms with van der Waals surface area (Å²) in [7, 11) is 2.82. The zero-order valence-corrected chi connectivity index (χ0v) is 28.9. The van der Waals surface area contributed by atoms with E-state index in [0.717, 1.165) is 26.0 Å². The van der Waals surface area contributed by atoms with E-state index in [2.05, 4.69) is 32.7 Å². The van der Waals surface area contributed by atoms with E-state index >= 15 is 0 Å². The van der Waals surface area contributed by atoms with Crippen molar-refractivity contribution in [1.82, 2.24) is 14.0 Å². The molecule has 48 heavy (non-hydrogen) atoms. The number of methoxy groups -OCH3 is 2. The number of fused-ring (bicyclic) bond motifs is 3. The number of ether oxygens (including phenoxy) is 2. The number of hydrogen-bond acceptors (Lipinski definition) is 11. The van der Waals surface area contributed by atoms with E-state index in [0.29, 0.717) is 30.4 Å². The summed E-state index contributed by atoms with van der Waals surface area (Å²) in [4.78, 5) is 45.3. The maximum Gasteiger partial charge on any atom is 0.436 e. The molecule has 0 spiro atoms. The minimum Gasteiger partial charge on any atom is -0.494 e. The molecule has 0 radical (unpaired) electrons. The molecule has 0 atom stereocenters. The van der Waals surface area contributed by atoms with Crippen LogP contribution >= 0.6 is 34.0 Å². The molecule has 18 heteroatoms. The third-order valence-corrected chi connectivity index (χ3v) is 9.45. The highest BCUT2D eigenvalue weighted by Gasteiger charge is 2.11. The molecule has 252 valence electrons. The maximum absolute atomic E-state index is 13.4. The molecule has 6 aromatic rings. The van der Waals surface area contributed by atoms with E-state index < -0.39 is 11.9 Å². The summed E-state index contributed by atoms with van der Waals surface area (Å²) in [6.07, 6.45) is 0.298. The van der Waals surface area contributed by atoms with Crippen molar-refractivity contribution in [2.24, 2.45) is 15.0 Å².